The first kappa shape index (κ1) is 12.7. The minimum atomic E-state index is -0.479. The van der Waals surface area contributed by atoms with E-state index in [0.717, 1.165) is 26.3 Å². The fourth-order valence-corrected chi connectivity index (χ4v) is 2.71. The minimum absolute atomic E-state index is 0.479. The van der Waals surface area contributed by atoms with Crippen LogP contribution in [-0.2, 0) is 6.42 Å². The fourth-order valence-electron chi connectivity index (χ4n) is 1.65. The van der Waals surface area contributed by atoms with E-state index in [4.69, 9.17) is 0 Å². The third-order valence-corrected chi connectivity index (χ3v) is 4.48. The van der Waals surface area contributed by atoms with Crippen molar-refractivity contribution in [1.82, 2.24) is 4.98 Å². The molecule has 2 rings (SSSR count). The van der Waals surface area contributed by atoms with Crippen molar-refractivity contribution >= 4 is 27.3 Å². The average molecular weight is 312 g/mol. The molecule has 0 amide bonds. The van der Waals surface area contributed by atoms with Gasteiger partial charge in [0.05, 0.1) is 11.1 Å². The van der Waals surface area contributed by atoms with Crippen LogP contribution in [0.1, 0.15) is 27.9 Å². The standard InChI is InChI=1S/C13H14BrNOS/c1-8-5-10(3-4-11(8)14)12(16)6-13-15-9(2)7-17-13/h3-5,7,12,16H,6H2,1-2H3. The second-order valence-electron chi connectivity index (χ2n) is 4.11. The zero-order valence-corrected chi connectivity index (χ0v) is 12.2. The highest BCUT2D eigenvalue weighted by molar-refractivity contribution is 9.10. The summed E-state index contributed by atoms with van der Waals surface area (Å²) in [6, 6.07) is 5.93. The number of rotatable bonds is 3. The molecule has 1 atom stereocenters. The predicted molar refractivity (Wildman–Crippen MR) is 74.4 cm³/mol. The Balaban J connectivity index is 2.14. The summed E-state index contributed by atoms with van der Waals surface area (Å²) in [6.45, 7) is 3.99. The second kappa shape index (κ2) is 5.29. The van der Waals surface area contributed by atoms with Gasteiger partial charge in [-0.15, -0.1) is 11.3 Å². The van der Waals surface area contributed by atoms with Crippen molar-refractivity contribution in [1.29, 1.82) is 0 Å². The Morgan fingerprint density at radius 1 is 1.41 bits per heavy atom. The number of benzene rings is 1. The van der Waals surface area contributed by atoms with E-state index in [0.29, 0.717) is 6.42 Å². The molecule has 1 N–H and O–H groups in total. The van der Waals surface area contributed by atoms with Gasteiger partial charge in [0.1, 0.15) is 0 Å². The number of nitrogens with zero attached hydrogens (tertiary/aromatic N) is 1. The first-order valence-corrected chi connectivity index (χ1v) is 7.08. The Morgan fingerprint density at radius 2 is 2.18 bits per heavy atom. The highest BCUT2D eigenvalue weighted by Gasteiger charge is 2.11. The Kier molecular flexibility index (Phi) is 3.97. The molecule has 0 fully saturated rings. The number of aryl methyl sites for hydroxylation is 2. The SMILES string of the molecule is Cc1csc(CC(O)c2ccc(Br)c(C)c2)n1. The summed E-state index contributed by atoms with van der Waals surface area (Å²) < 4.78 is 1.07. The summed E-state index contributed by atoms with van der Waals surface area (Å²) in [6.07, 6.45) is 0.104. The average Bonchev–Trinajstić information content (AvgIpc) is 2.68. The molecule has 1 unspecified atom stereocenters. The molecular weight excluding hydrogens is 298 g/mol. The third kappa shape index (κ3) is 3.15. The molecule has 90 valence electrons. The van der Waals surface area contributed by atoms with Gasteiger partial charge in [0.2, 0.25) is 0 Å². The molecule has 0 spiro atoms. The molecule has 2 nitrogen and oxygen atoms in total. The van der Waals surface area contributed by atoms with Gasteiger partial charge in [-0.2, -0.15) is 0 Å². The van der Waals surface area contributed by atoms with Crippen molar-refractivity contribution in [2.24, 2.45) is 0 Å². The number of aliphatic hydroxyl groups excluding tert-OH is 1. The summed E-state index contributed by atoms with van der Waals surface area (Å²) >= 11 is 5.06. The van der Waals surface area contributed by atoms with E-state index in [-0.39, 0.29) is 0 Å². The molecule has 0 saturated heterocycles. The van der Waals surface area contributed by atoms with Gasteiger partial charge in [-0.25, -0.2) is 4.98 Å². The molecule has 0 aliphatic heterocycles. The van der Waals surface area contributed by atoms with E-state index in [1.54, 1.807) is 11.3 Å². The second-order valence-corrected chi connectivity index (χ2v) is 5.91. The minimum Gasteiger partial charge on any atom is -0.388 e. The van der Waals surface area contributed by atoms with E-state index in [1.807, 2.05) is 37.4 Å². The molecule has 1 aromatic heterocycles. The maximum Gasteiger partial charge on any atom is 0.0957 e. The lowest BCUT2D eigenvalue weighted by Crippen LogP contribution is -2.02. The molecule has 1 heterocycles. The Bertz CT molecular complexity index is 524. The van der Waals surface area contributed by atoms with Crippen molar-refractivity contribution < 1.29 is 5.11 Å². The summed E-state index contributed by atoms with van der Waals surface area (Å²) in [7, 11) is 0. The Morgan fingerprint density at radius 3 is 2.76 bits per heavy atom. The summed E-state index contributed by atoms with van der Waals surface area (Å²) in [5.41, 5.74) is 3.10. The quantitative estimate of drug-likeness (QED) is 0.935. The van der Waals surface area contributed by atoms with Crippen LogP contribution in [0.3, 0.4) is 0 Å². The molecule has 17 heavy (non-hydrogen) atoms. The maximum absolute atomic E-state index is 10.1. The van der Waals surface area contributed by atoms with E-state index in [1.165, 1.54) is 0 Å². The van der Waals surface area contributed by atoms with Gasteiger partial charge in [-0.3, -0.25) is 0 Å². The number of halogens is 1. The van der Waals surface area contributed by atoms with Crippen molar-refractivity contribution in [2.45, 2.75) is 26.4 Å². The Labute approximate surface area is 113 Å². The molecule has 0 aliphatic carbocycles. The van der Waals surface area contributed by atoms with Crippen molar-refractivity contribution in [3.05, 3.63) is 49.9 Å². The van der Waals surface area contributed by atoms with Gasteiger partial charge in [0.25, 0.3) is 0 Å². The monoisotopic (exact) mass is 311 g/mol. The van der Waals surface area contributed by atoms with Gasteiger partial charge in [0, 0.05) is 22.0 Å². The molecular formula is C13H14BrNOS. The molecule has 0 radical (unpaired) electrons. The summed E-state index contributed by atoms with van der Waals surface area (Å²) in [5.74, 6) is 0. The van der Waals surface area contributed by atoms with Gasteiger partial charge >= 0.3 is 0 Å². The van der Waals surface area contributed by atoms with Crippen LogP contribution in [0.4, 0.5) is 0 Å². The molecule has 4 heteroatoms. The lowest BCUT2D eigenvalue weighted by Gasteiger charge is -2.10. The van der Waals surface area contributed by atoms with Crippen LogP contribution < -0.4 is 0 Å². The zero-order valence-electron chi connectivity index (χ0n) is 9.77. The van der Waals surface area contributed by atoms with Gasteiger partial charge in [0.15, 0.2) is 0 Å². The van der Waals surface area contributed by atoms with Crippen LogP contribution in [0.5, 0.6) is 0 Å². The molecule has 0 aliphatic rings. The van der Waals surface area contributed by atoms with Crippen molar-refractivity contribution in [3.63, 3.8) is 0 Å². The highest BCUT2D eigenvalue weighted by atomic mass is 79.9. The predicted octanol–water partition coefficient (Wildman–Crippen LogP) is 3.80. The molecule has 2 aromatic rings. The van der Waals surface area contributed by atoms with Gasteiger partial charge in [-0.1, -0.05) is 28.1 Å². The number of aliphatic hydroxyl groups is 1. The number of aromatic nitrogens is 1. The van der Waals surface area contributed by atoms with Crippen LogP contribution in [0.2, 0.25) is 0 Å². The largest absolute Gasteiger partial charge is 0.388 e. The topological polar surface area (TPSA) is 33.1 Å². The van der Waals surface area contributed by atoms with E-state index in [2.05, 4.69) is 20.9 Å². The van der Waals surface area contributed by atoms with Gasteiger partial charge in [-0.05, 0) is 31.0 Å². The Hall–Kier alpha value is -0.710. The third-order valence-electron chi connectivity index (χ3n) is 2.60. The normalized spacial score (nSPS) is 12.7. The maximum atomic E-state index is 10.1. The van der Waals surface area contributed by atoms with Gasteiger partial charge < -0.3 is 5.11 Å². The number of thiazole rings is 1. The molecule has 1 aromatic carbocycles. The number of hydrogen-bond acceptors (Lipinski definition) is 3. The van der Waals surface area contributed by atoms with Crippen LogP contribution in [0.15, 0.2) is 28.1 Å². The first-order valence-electron chi connectivity index (χ1n) is 5.41. The highest BCUT2D eigenvalue weighted by Crippen LogP contribution is 2.24. The first-order chi connectivity index (χ1) is 8.06. The lowest BCUT2D eigenvalue weighted by atomic mass is 10.0. The van der Waals surface area contributed by atoms with E-state index >= 15 is 0 Å². The number of hydrogen-bond donors (Lipinski definition) is 1. The van der Waals surface area contributed by atoms with E-state index < -0.39 is 6.10 Å². The zero-order chi connectivity index (χ0) is 12.4. The lowest BCUT2D eigenvalue weighted by molar-refractivity contribution is 0.178. The van der Waals surface area contributed by atoms with Crippen molar-refractivity contribution in [2.75, 3.05) is 0 Å². The van der Waals surface area contributed by atoms with Crippen LogP contribution >= 0.6 is 27.3 Å². The van der Waals surface area contributed by atoms with E-state index in [9.17, 15) is 5.11 Å². The summed E-state index contributed by atoms with van der Waals surface area (Å²) in [4.78, 5) is 4.37. The van der Waals surface area contributed by atoms with Crippen molar-refractivity contribution in [3.8, 4) is 0 Å². The summed E-state index contributed by atoms with van der Waals surface area (Å²) in [5, 5.41) is 13.1. The van der Waals surface area contributed by atoms with Crippen LogP contribution in [-0.4, -0.2) is 10.1 Å². The van der Waals surface area contributed by atoms with Crippen LogP contribution in [0, 0.1) is 13.8 Å². The fraction of sp³-hybridized carbons (Fsp3) is 0.308. The van der Waals surface area contributed by atoms with Crippen LogP contribution in [0.25, 0.3) is 0 Å². The molecule has 0 saturated carbocycles. The molecule has 0 bridgehead atoms. The smallest absolute Gasteiger partial charge is 0.0957 e.